The Bertz CT molecular complexity index is 1710. The molecule has 42 heavy (non-hydrogen) atoms. The van der Waals surface area contributed by atoms with Crippen LogP contribution in [0, 0.1) is 20.8 Å². The van der Waals surface area contributed by atoms with Gasteiger partial charge in [0.25, 0.3) is 0 Å². The van der Waals surface area contributed by atoms with Gasteiger partial charge >= 0.3 is 6.03 Å². The van der Waals surface area contributed by atoms with E-state index in [0.29, 0.717) is 38.9 Å². The van der Waals surface area contributed by atoms with Crippen LogP contribution in [0.2, 0.25) is 10.0 Å². The highest BCUT2D eigenvalue weighted by Crippen LogP contribution is 2.33. The third-order valence-electron chi connectivity index (χ3n) is 6.79. The molecule has 6 nitrogen and oxygen atoms in total. The summed E-state index contributed by atoms with van der Waals surface area (Å²) in [4.78, 5) is 13.4. The molecule has 2 amide bonds. The standard InChI is InChI=1S/C33H31Cl2N5OS/c1-21-8-7-11-25(17-21)20-42-33-39-38-31(40(33)30-15-13-26(34)19-27(30)35)29(18-24-9-5-4-6-10-24)37-32(41)36-28-14-12-22(2)16-23(28)3/h4-17,19,29H,18,20H2,1-3H3,(H2,36,37,41). The molecule has 0 aliphatic heterocycles. The van der Waals surface area contributed by atoms with Gasteiger partial charge in [0.15, 0.2) is 11.0 Å². The van der Waals surface area contributed by atoms with E-state index in [1.54, 1.807) is 23.9 Å². The number of hydrogen-bond acceptors (Lipinski definition) is 4. The molecule has 0 spiro atoms. The van der Waals surface area contributed by atoms with Crippen molar-refractivity contribution in [3.63, 3.8) is 0 Å². The topological polar surface area (TPSA) is 71.8 Å². The van der Waals surface area contributed by atoms with Gasteiger partial charge in [0.1, 0.15) is 0 Å². The van der Waals surface area contributed by atoms with Crippen LogP contribution in [-0.4, -0.2) is 20.8 Å². The molecule has 5 rings (SSSR count). The zero-order valence-electron chi connectivity index (χ0n) is 23.6. The first-order valence-corrected chi connectivity index (χ1v) is 15.3. The summed E-state index contributed by atoms with van der Waals surface area (Å²) in [5.41, 5.74) is 6.94. The summed E-state index contributed by atoms with van der Waals surface area (Å²) in [7, 11) is 0. The van der Waals surface area contributed by atoms with Gasteiger partial charge in [-0.25, -0.2) is 4.79 Å². The SMILES string of the molecule is Cc1cccc(CSc2nnc(C(Cc3ccccc3)NC(=O)Nc3ccc(C)cc3C)n2-c2ccc(Cl)cc2Cl)c1. The van der Waals surface area contributed by atoms with Crippen LogP contribution in [0.15, 0.2) is 96.2 Å². The molecule has 0 fully saturated rings. The third-order valence-corrected chi connectivity index (χ3v) is 8.33. The van der Waals surface area contributed by atoms with Crippen LogP contribution >= 0.6 is 35.0 Å². The largest absolute Gasteiger partial charge is 0.327 e. The first-order valence-electron chi connectivity index (χ1n) is 13.5. The number of aryl methyl sites for hydroxylation is 3. The molecule has 1 aromatic heterocycles. The number of rotatable bonds is 9. The molecule has 5 aromatic rings. The van der Waals surface area contributed by atoms with Crippen molar-refractivity contribution in [3.8, 4) is 5.69 Å². The van der Waals surface area contributed by atoms with Crippen molar-refractivity contribution >= 4 is 46.7 Å². The van der Waals surface area contributed by atoms with Crippen molar-refractivity contribution in [1.29, 1.82) is 0 Å². The van der Waals surface area contributed by atoms with E-state index >= 15 is 0 Å². The average Bonchev–Trinajstić information content (AvgIpc) is 3.37. The minimum absolute atomic E-state index is 0.339. The molecule has 0 radical (unpaired) electrons. The Labute approximate surface area is 260 Å². The maximum absolute atomic E-state index is 13.4. The van der Waals surface area contributed by atoms with E-state index in [0.717, 1.165) is 22.4 Å². The second kappa shape index (κ2) is 13.5. The highest BCUT2D eigenvalue weighted by atomic mass is 35.5. The number of urea groups is 1. The summed E-state index contributed by atoms with van der Waals surface area (Å²) in [6.07, 6.45) is 0.493. The number of halogens is 2. The molecule has 0 saturated carbocycles. The van der Waals surface area contributed by atoms with Crippen LogP contribution in [0.1, 0.15) is 39.7 Å². The van der Waals surface area contributed by atoms with Crippen LogP contribution in [0.5, 0.6) is 0 Å². The Morgan fingerprint density at radius 1 is 0.857 bits per heavy atom. The van der Waals surface area contributed by atoms with Crippen LogP contribution in [0.4, 0.5) is 10.5 Å². The molecular weight excluding hydrogens is 585 g/mol. The number of benzene rings is 4. The Hall–Kier alpha value is -3.78. The lowest BCUT2D eigenvalue weighted by atomic mass is 10.1. The maximum atomic E-state index is 13.4. The molecule has 1 unspecified atom stereocenters. The van der Waals surface area contributed by atoms with Gasteiger partial charge < -0.3 is 10.6 Å². The maximum Gasteiger partial charge on any atom is 0.319 e. The summed E-state index contributed by atoms with van der Waals surface area (Å²) < 4.78 is 1.92. The van der Waals surface area contributed by atoms with E-state index in [9.17, 15) is 4.79 Å². The fourth-order valence-corrected chi connectivity index (χ4v) is 6.15. The van der Waals surface area contributed by atoms with Gasteiger partial charge in [0.05, 0.1) is 16.8 Å². The monoisotopic (exact) mass is 615 g/mol. The predicted octanol–water partition coefficient (Wildman–Crippen LogP) is 8.90. The lowest BCUT2D eigenvalue weighted by Crippen LogP contribution is -2.35. The van der Waals surface area contributed by atoms with E-state index in [4.69, 9.17) is 23.2 Å². The Balaban J connectivity index is 1.53. The quantitative estimate of drug-likeness (QED) is 0.162. The van der Waals surface area contributed by atoms with Gasteiger partial charge in [-0.05, 0) is 61.7 Å². The zero-order valence-corrected chi connectivity index (χ0v) is 25.9. The number of anilines is 1. The molecule has 1 heterocycles. The first-order chi connectivity index (χ1) is 20.3. The van der Waals surface area contributed by atoms with Crippen molar-refractivity contribution in [2.24, 2.45) is 0 Å². The van der Waals surface area contributed by atoms with Gasteiger partial charge in [-0.3, -0.25) is 4.57 Å². The van der Waals surface area contributed by atoms with E-state index in [2.05, 4.69) is 46.0 Å². The summed E-state index contributed by atoms with van der Waals surface area (Å²) in [5, 5.41) is 17.0. The zero-order chi connectivity index (χ0) is 29.6. The van der Waals surface area contributed by atoms with Gasteiger partial charge in [-0.2, -0.15) is 0 Å². The van der Waals surface area contributed by atoms with Crippen LogP contribution in [0.25, 0.3) is 5.69 Å². The average molecular weight is 617 g/mol. The molecule has 0 aliphatic carbocycles. The lowest BCUT2D eigenvalue weighted by molar-refractivity contribution is 0.247. The smallest absolute Gasteiger partial charge is 0.319 e. The van der Waals surface area contributed by atoms with Crippen molar-refractivity contribution in [3.05, 3.63) is 135 Å². The summed E-state index contributed by atoms with van der Waals surface area (Å²) >= 11 is 14.6. The van der Waals surface area contributed by atoms with Crippen LogP contribution in [0.3, 0.4) is 0 Å². The molecule has 9 heteroatoms. The van der Waals surface area contributed by atoms with Crippen molar-refractivity contribution in [2.45, 2.75) is 44.1 Å². The van der Waals surface area contributed by atoms with Crippen molar-refractivity contribution in [1.82, 2.24) is 20.1 Å². The molecule has 2 N–H and O–H groups in total. The van der Waals surface area contributed by atoms with E-state index in [-0.39, 0.29) is 6.03 Å². The summed E-state index contributed by atoms with van der Waals surface area (Å²) in [5.74, 6) is 1.25. The van der Waals surface area contributed by atoms with Crippen LogP contribution in [-0.2, 0) is 12.2 Å². The van der Waals surface area contributed by atoms with Gasteiger partial charge in [-0.1, -0.05) is 113 Å². The van der Waals surface area contributed by atoms with Crippen molar-refractivity contribution < 1.29 is 4.79 Å². The normalized spacial score (nSPS) is 11.7. The number of nitrogens with one attached hydrogen (secondary N) is 2. The molecule has 1 atom stereocenters. The summed E-state index contributed by atoms with van der Waals surface area (Å²) in [6, 6.07) is 28.7. The fourth-order valence-electron chi connectivity index (χ4n) is 4.77. The number of hydrogen-bond donors (Lipinski definition) is 2. The molecular formula is C33H31Cl2N5OS. The van der Waals surface area contributed by atoms with Gasteiger partial charge in [0.2, 0.25) is 0 Å². The van der Waals surface area contributed by atoms with Gasteiger partial charge in [-0.15, -0.1) is 10.2 Å². The second-order valence-electron chi connectivity index (χ2n) is 10.2. The number of amides is 2. The number of aromatic nitrogens is 3. The minimum atomic E-state index is -0.522. The molecule has 4 aromatic carbocycles. The number of nitrogens with zero attached hydrogens (tertiary/aromatic N) is 3. The van der Waals surface area contributed by atoms with Gasteiger partial charge in [0, 0.05) is 22.9 Å². The second-order valence-corrected chi connectivity index (χ2v) is 12.0. The van der Waals surface area contributed by atoms with Crippen molar-refractivity contribution in [2.75, 3.05) is 5.32 Å². The van der Waals surface area contributed by atoms with E-state index in [1.807, 2.05) is 79.1 Å². The van der Waals surface area contributed by atoms with E-state index < -0.39 is 6.04 Å². The Kier molecular flexibility index (Phi) is 9.52. The summed E-state index contributed by atoms with van der Waals surface area (Å²) in [6.45, 7) is 6.07. The Morgan fingerprint density at radius 2 is 1.62 bits per heavy atom. The highest BCUT2D eigenvalue weighted by molar-refractivity contribution is 7.98. The minimum Gasteiger partial charge on any atom is -0.327 e. The Morgan fingerprint density at radius 3 is 2.36 bits per heavy atom. The lowest BCUT2D eigenvalue weighted by Gasteiger charge is -2.21. The highest BCUT2D eigenvalue weighted by Gasteiger charge is 2.26. The molecule has 0 saturated heterocycles. The molecule has 0 aliphatic rings. The fraction of sp³-hybridized carbons (Fsp3) is 0.182. The third kappa shape index (κ3) is 7.34. The number of carbonyl (C=O) groups excluding carboxylic acids is 1. The number of thioether (sulfide) groups is 1. The predicted molar refractivity (Wildman–Crippen MR) is 173 cm³/mol. The number of carbonyl (C=O) groups is 1. The van der Waals surface area contributed by atoms with E-state index in [1.165, 1.54) is 11.1 Å². The van der Waals surface area contributed by atoms with Crippen LogP contribution < -0.4 is 10.6 Å². The first kappa shape index (κ1) is 29.7. The molecule has 214 valence electrons. The molecule has 0 bridgehead atoms.